The van der Waals surface area contributed by atoms with E-state index in [1.54, 1.807) is 0 Å². The van der Waals surface area contributed by atoms with Crippen LogP contribution < -0.4 is 0 Å². The summed E-state index contributed by atoms with van der Waals surface area (Å²) in [6, 6.07) is 5.78. The lowest BCUT2D eigenvalue weighted by molar-refractivity contribution is -0.263. The van der Waals surface area contributed by atoms with E-state index < -0.39 is 69.5 Å². The summed E-state index contributed by atoms with van der Waals surface area (Å²) in [5, 5.41) is 0. The minimum absolute atomic E-state index is 0.0329. The lowest BCUT2D eigenvalue weighted by Gasteiger charge is -2.24. The van der Waals surface area contributed by atoms with Crippen LogP contribution in [0.2, 0.25) is 0 Å². The molecule has 0 bridgehead atoms. The SMILES string of the molecule is FC1=C(c2ccc(-c3ccc(C4=C(F)C(F)(F)C(F)(F)C4(F)F)cc3)cc2)C(F)(F)C(F)(F)C1(F)F. The highest BCUT2D eigenvalue weighted by Gasteiger charge is 2.82. The average Bonchev–Trinajstić information content (AvgIpc) is 2.94. The van der Waals surface area contributed by atoms with Gasteiger partial charge in [-0.15, -0.1) is 0 Å². The maximum atomic E-state index is 13.9. The molecule has 2 aliphatic rings. The molecule has 0 saturated heterocycles. The zero-order valence-corrected chi connectivity index (χ0v) is 16.9. The Balaban J connectivity index is 1.69. The third kappa shape index (κ3) is 2.95. The second kappa shape index (κ2) is 7.25. The van der Waals surface area contributed by atoms with Crippen LogP contribution in [-0.2, 0) is 0 Å². The van der Waals surface area contributed by atoms with Gasteiger partial charge >= 0.3 is 35.5 Å². The molecule has 0 spiro atoms. The zero-order chi connectivity index (χ0) is 27.3. The summed E-state index contributed by atoms with van der Waals surface area (Å²) >= 11 is 0. The van der Waals surface area contributed by atoms with Gasteiger partial charge in [0.1, 0.15) is 0 Å². The summed E-state index contributed by atoms with van der Waals surface area (Å²) in [6.07, 6.45) is 0. The molecule has 0 aliphatic heterocycles. The average molecular weight is 538 g/mol. The van der Waals surface area contributed by atoms with Crippen molar-refractivity contribution in [1.29, 1.82) is 0 Å². The van der Waals surface area contributed by atoms with Gasteiger partial charge in [-0.1, -0.05) is 48.5 Å². The van der Waals surface area contributed by atoms with Crippen molar-refractivity contribution in [2.75, 3.05) is 0 Å². The lowest BCUT2D eigenvalue weighted by Crippen LogP contribution is -2.48. The molecular weight excluding hydrogens is 530 g/mol. The molecule has 2 aromatic carbocycles. The molecule has 4 rings (SSSR count). The predicted molar refractivity (Wildman–Crippen MR) is 97.6 cm³/mol. The molecule has 36 heavy (non-hydrogen) atoms. The fourth-order valence-electron chi connectivity index (χ4n) is 3.85. The highest BCUT2D eigenvalue weighted by molar-refractivity contribution is 5.82. The van der Waals surface area contributed by atoms with E-state index in [1.165, 1.54) is 0 Å². The molecule has 0 fully saturated rings. The number of rotatable bonds is 3. The minimum atomic E-state index is -6.05. The van der Waals surface area contributed by atoms with Gasteiger partial charge < -0.3 is 0 Å². The topological polar surface area (TPSA) is 0 Å². The van der Waals surface area contributed by atoms with Gasteiger partial charge in [0.15, 0.2) is 11.7 Å². The van der Waals surface area contributed by atoms with Crippen molar-refractivity contribution >= 4 is 11.1 Å². The Morgan fingerprint density at radius 1 is 0.333 bits per heavy atom. The van der Waals surface area contributed by atoms with Gasteiger partial charge in [0.25, 0.3) is 0 Å². The van der Waals surface area contributed by atoms with Crippen LogP contribution in [0.4, 0.5) is 61.5 Å². The zero-order valence-electron chi connectivity index (χ0n) is 16.9. The van der Waals surface area contributed by atoms with Crippen LogP contribution in [0, 0.1) is 0 Å². The summed E-state index contributed by atoms with van der Waals surface area (Å²) in [6.45, 7) is 0. The van der Waals surface area contributed by atoms with Crippen molar-refractivity contribution in [3.8, 4) is 11.1 Å². The first kappa shape index (κ1) is 26.0. The monoisotopic (exact) mass is 538 g/mol. The van der Waals surface area contributed by atoms with Crippen molar-refractivity contribution in [2.45, 2.75) is 35.5 Å². The molecule has 0 saturated carbocycles. The Hall–Kier alpha value is -3.06. The van der Waals surface area contributed by atoms with E-state index in [9.17, 15) is 61.5 Å². The largest absolute Gasteiger partial charge is 0.383 e. The summed E-state index contributed by atoms with van der Waals surface area (Å²) < 4.78 is 191. The molecule has 14 heteroatoms. The smallest absolute Gasteiger partial charge is 0.204 e. The van der Waals surface area contributed by atoms with Gasteiger partial charge in [0, 0.05) is 0 Å². The molecule has 0 unspecified atom stereocenters. The predicted octanol–water partition coefficient (Wildman–Crippen LogP) is 8.55. The number of hydrogen-bond acceptors (Lipinski definition) is 0. The van der Waals surface area contributed by atoms with Crippen LogP contribution in [0.25, 0.3) is 22.3 Å². The van der Waals surface area contributed by atoms with Crippen molar-refractivity contribution in [1.82, 2.24) is 0 Å². The third-order valence-electron chi connectivity index (χ3n) is 5.88. The van der Waals surface area contributed by atoms with E-state index >= 15 is 0 Å². The van der Waals surface area contributed by atoms with Gasteiger partial charge in [-0.2, -0.15) is 52.7 Å². The molecular formula is C22H8F14. The van der Waals surface area contributed by atoms with E-state index in [0.29, 0.717) is 24.3 Å². The quantitative estimate of drug-likeness (QED) is 0.344. The van der Waals surface area contributed by atoms with E-state index in [4.69, 9.17) is 0 Å². The normalized spacial score (nSPS) is 24.9. The molecule has 194 valence electrons. The second-order valence-corrected chi connectivity index (χ2v) is 7.98. The Morgan fingerprint density at radius 2 is 0.556 bits per heavy atom. The molecule has 0 nitrogen and oxygen atoms in total. The van der Waals surface area contributed by atoms with Crippen LogP contribution in [0.5, 0.6) is 0 Å². The van der Waals surface area contributed by atoms with Gasteiger partial charge in [-0.05, 0) is 22.3 Å². The summed E-state index contributed by atoms with van der Waals surface area (Å²) in [5.41, 5.74) is -6.61. The Kier molecular flexibility index (Phi) is 5.24. The van der Waals surface area contributed by atoms with Gasteiger partial charge in [-0.3, -0.25) is 0 Å². The van der Waals surface area contributed by atoms with E-state index in [1.807, 2.05) is 0 Å². The highest BCUT2D eigenvalue weighted by atomic mass is 19.4. The molecule has 0 N–H and O–H groups in total. The fourth-order valence-corrected chi connectivity index (χ4v) is 3.85. The summed E-state index contributed by atoms with van der Waals surface area (Å²) in [5.74, 6) is -40.9. The first-order chi connectivity index (χ1) is 16.2. The standard InChI is InChI=1S/C22H8F14/c23-15-13(17(25,26)21(33,34)19(15,29)30)11-5-1-9(2-6-11)10-3-7-12(8-4-10)14-16(24)20(31,32)22(35,36)18(14,27)28/h1-8H. The van der Waals surface area contributed by atoms with Crippen molar-refractivity contribution in [3.05, 3.63) is 71.3 Å². The fraction of sp³-hybridized carbons (Fsp3) is 0.273. The molecule has 2 aliphatic carbocycles. The Labute approximate surface area is 191 Å². The number of halogens is 14. The van der Waals surface area contributed by atoms with Crippen molar-refractivity contribution in [3.63, 3.8) is 0 Å². The van der Waals surface area contributed by atoms with Crippen LogP contribution in [-0.4, -0.2) is 35.5 Å². The summed E-state index contributed by atoms with van der Waals surface area (Å²) in [4.78, 5) is 0. The second-order valence-electron chi connectivity index (χ2n) is 7.98. The minimum Gasteiger partial charge on any atom is -0.204 e. The molecule has 0 radical (unpaired) electrons. The highest BCUT2D eigenvalue weighted by Crippen LogP contribution is 2.63. The molecule has 0 atom stereocenters. The molecule has 0 aromatic heterocycles. The molecule has 0 heterocycles. The number of hydrogen-bond donors (Lipinski definition) is 0. The van der Waals surface area contributed by atoms with E-state index in [-0.39, 0.29) is 11.1 Å². The van der Waals surface area contributed by atoms with Crippen molar-refractivity contribution < 1.29 is 61.5 Å². The van der Waals surface area contributed by atoms with Gasteiger partial charge in [0.05, 0.1) is 11.1 Å². The molecule has 0 amide bonds. The summed E-state index contributed by atoms with van der Waals surface area (Å²) in [7, 11) is 0. The van der Waals surface area contributed by atoms with Crippen LogP contribution in [0.15, 0.2) is 60.2 Å². The van der Waals surface area contributed by atoms with Crippen LogP contribution in [0.3, 0.4) is 0 Å². The molecule has 2 aromatic rings. The van der Waals surface area contributed by atoms with E-state index in [0.717, 1.165) is 24.3 Å². The van der Waals surface area contributed by atoms with Crippen molar-refractivity contribution in [2.24, 2.45) is 0 Å². The Bertz CT molecular complexity index is 1180. The number of alkyl halides is 12. The number of benzene rings is 2. The lowest BCUT2D eigenvalue weighted by atomic mass is 9.95. The Morgan fingerprint density at radius 3 is 0.750 bits per heavy atom. The number of allylic oxidation sites excluding steroid dienone is 4. The van der Waals surface area contributed by atoms with Crippen LogP contribution in [0.1, 0.15) is 11.1 Å². The first-order valence-electron chi connectivity index (χ1n) is 9.54. The van der Waals surface area contributed by atoms with E-state index in [2.05, 4.69) is 0 Å². The van der Waals surface area contributed by atoms with Gasteiger partial charge in [-0.25, -0.2) is 8.78 Å². The maximum absolute atomic E-state index is 13.9. The van der Waals surface area contributed by atoms with Crippen LogP contribution >= 0.6 is 0 Å². The maximum Gasteiger partial charge on any atom is 0.383 e. The first-order valence-corrected chi connectivity index (χ1v) is 9.54. The third-order valence-corrected chi connectivity index (χ3v) is 5.88. The van der Waals surface area contributed by atoms with Gasteiger partial charge in [0.2, 0.25) is 0 Å².